The molecule has 0 saturated heterocycles. The lowest BCUT2D eigenvalue weighted by Crippen LogP contribution is -2.44. The van der Waals surface area contributed by atoms with Crippen LogP contribution in [-0.4, -0.2) is 19.3 Å². The lowest BCUT2D eigenvalue weighted by molar-refractivity contribution is 0.0616. The van der Waals surface area contributed by atoms with Crippen molar-refractivity contribution in [3.63, 3.8) is 0 Å². The Hall–Kier alpha value is -0.120. The third kappa shape index (κ3) is 6.88. The molecule has 92 valence electrons. The number of methoxy groups -OCH3 is 1. The summed E-state index contributed by atoms with van der Waals surface area (Å²) in [4.78, 5) is 0. The first-order valence-corrected chi connectivity index (χ1v) is 6.29. The SMILES string of the molecule is CCCCCCCC(NN)C(CC)OC. The van der Waals surface area contributed by atoms with Gasteiger partial charge in [0.25, 0.3) is 0 Å². The standard InChI is InChI=1S/C12H28N2O/c1-4-6-7-8-9-10-11(14-13)12(5-2)15-3/h11-12,14H,4-10,13H2,1-3H3. The highest BCUT2D eigenvalue weighted by atomic mass is 16.5. The van der Waals surface area contributed by atoms with E-state index in [4.69, 9.17) is 10.6 Å². The molecule has 0 aliphatic heterocycles. The van der Waals surface area contributed by atoms with Gasteiger partial charge in [-0.15, -0.1) is 0 Å². The molecular weight excluding hydrogens is 188 g/mol. The number of hydrazine groups is 1. The Balaban J connectivity index is 3.60. The van der Waals surface area contributed by atoms with Crippen LogP contribution in [0.3, 0.4) is 0 Å². The zero-order valence-corrected chi connectivity index (χ0v) is 10.6. The Morgan fingerprint density at radius 2 is 1.80 bits per heavy atom. The fourth-order valence-electron chi connectivity index (χ4n) is 1.96. The summed E-state index contributed by atoms with van der Waals surface area (Å²) in [6.45, 7) is 4.37. The zero-order valence-electron chi connectivity index (χ0n) is 10.6. The van der Waals surface area contributed by atoms with E-state index in [1.165, 1.54) is 32.1 Å². The van der Waals surface area contributed by atoms with Gasteiger partial charge in [0, 0.05) is 13.2 Å². The molecule has 0 saturated carbocycles. The number of unbranched alkanes of at least 4 members (excludes halogenated alkanes) is 4. The molecule has 2 unspecified atom stereocenters. The minimum absolute atomic E-state index is 0.251. The van der Waals surface area contributed by atoms with E-state index in [1.54, 1.807) is 7.11 Å². The number of nitrogens with two attached hydrogens (primary N) is 1. The molecule has 0 radical (unpaired) electrons. The summed E-state index contributed by atoms with van der Waals surface area (Å²) in [7, 11) is 1.76. The van der Waals surface area contributed by atoms with Gasteiger partial charge in [0.2, 0.25) is 0 Å². The van der Waals surface area contributed by atoms with Crippen LogP contribution < -0.4 is 11.3 Å². The summed E-state index contributed by atoms with van der Waals surface area (Å²) in [5.74, 6) is 5.54. The molecular formula is C12H28N2O. The van der Waals surface area contributed by atoms with E-state index in [0.717, 1.165) is 12.8 Å². The fourth-order valence-corrected chi connectivity index (χ4v) is 1.96. The molecule has 3 nitrogen and oxygen atoms in total. The normalized spacial score (nSPS) is 15.2. The van der Waals surface area contributed by atoms with Crippen LogP contribution >= 0.6 is 0 Å². The van der Waals surface area contributed by atoms with Gasteiger partial charge < -0.3 is 4.74 Å². The van der Waals surface area contributed by atoms with Crippen molar-refractivity contribution in [2.24, 2.45) is 5.84 Å². The number of nitrogens with one attached hydrogen (secondary N) is 1. The first kappa shape index (κ1) is 14.9. The van der Waals surface area contributed by atoms with Gasteiger partial charge in [-0.1, -0.05) is 46.0 Å². The van der Waals surface area contributed by atoms with Crippen LogP contribution in [0.2, 0.25) is 0 Å². The highest BCUT2D eigenvalue weighted by molar-refractivity contribution is 4.73. The fraction of sp³-hybridized carbons (Fsp3) is 1.00. The van der Waals surface area contributed by atoms with E-state index in [2.05, 4.69) is 19.3 Å². The average Bonchev–Trinajstić information content (AvgIpc) is 2.27. The Morgan fingerprint density at radius 1 is 1.13 bits per heavy atom. The molecule has 0 aromatic rings. The molecule has 0 bridgehead atoms. The van der Waals surface area contributed by atoms with E-state index in [1.807, 2.05) is 0 Å². The summed E-state index contributed by atoms with van der Waals surface area (Å²) < 4.78 is 5.39. The van der Waals surface area contributed by atoms with Crippen LogP contribution in [0.25, 0.3) is 0 Å². The Kier molecular flexibility index (Phi) is 10.3. The molecule has 15 heavy (non-hydrogen) atoms. The van der Waals surface area contributed by atoms with Crippen LogP contribution in [0.5, 0.6) is 0 Å². The van der Waals surface area contributed by atoms with E-state index in [-0.39, 0.29) is 6.10 Å². The van der Waals surface area contributed by atoms with Gasteiger partial charge in [-0.05, 0) is 12.8 Å². The second-order valence-corrected chi connectivity index (χ2v) is 4.16. The maximum Gasteiger partial charge on any atom is 0.0735 e. The Labute approximate surface area is 94.7 Å². The quantitative estimate of drug-likeness (QED) is 0.335. The topological polar surface area (TPSA) is 47.3 Å². The molecule has 2 atom stereocenters. The lowest BCUT2D eigenvalue weighted by Gasteiger charge is -2.24. The molecule has 0 amide bonds. The summed E-state index contributed by atoms with van der Waals surface area (Å²) in [5, 5.41) is 0. The molecule has 0 aromatic carbocycles. The summed E-state index contributed by atoms with van der Waals surface area (Å²) >= 11 is 0. The minimum Gasteiger partial charge on any atom is -0.380 e. The number of hydrogen-bond donors (Lipinski definition) is 2. The highest BCUT2D eigenvalue weighted by Crippen LogP contribution is 2.12. The smallest absolute Gasteiger partial charge is 0.0735 e. The summed E-state index contributed by atoms with van der Waals surface area (Å²) in [5.41, 5.74) is 2.87. The Morgan fingerprint density at radius 3 is 2.27 bits per heavy atom. The van der Waals surface area contributed by atoms with Crippen molar-refractivity contribution in [2.45, 2.75) is 70.9 Å². The first-order chi connectivity index (χ1) is 7.29. The Bertz CT molecular complexity index is 127. The van der Waals surface area contributed by atoms with Gasteiger partial charge in [-0.25, -0.2) is 0 Å². The molecule has 0 aliphatic carbocycles. The van der Waals surface area contributed by atoms with Gasteiger partial charge in [-0.3, -0.25) is 11.3 Å². The van der Waals surface area contributed by atoms with Crippen molar-refractivity contribution in [3.8, 4) is 0 Å². The van der Waals surface area contributed by atoms with Crippen LogP contribution in [-0.2, 0) is 4.74 Å². The maximum atomic E-state index is 5.54. The van der Waals surface area contributed by atoms with Crippen molar-refractivity contribution in [1.29, 1.82) is 0 Å². The molecule has 0 aliphatic rings. The van der Waals surface area contributed by atoms with Crippen molar-refractivity contribution in [2.75, 3.05) is 7.11 Å². The van der Waals surface area contributed by atoms with Gasteiger partial charge in [0.15, 0.2) is 0 Å². The van der Waals surface area contributed by atoms with Gasteiger partial charge in [-0.2, -0.15) is 0 Å². The largest absolute Gasteiger partial charge is 0.380 e. The minimum atomic E-state index is 0.251. The van der Waals surface area contributed by atoms with Crippen LogP contribution in [0, 0.1) is 0 Å². The molecule has 3 heteroatoms. The number of ether oxygens (including phenoxy) is 1. The molecule has 3 N–H and O–H groups in total. The second-order valence-electron chi connectivity index (χ2n) is 4.16. The number of hydrogen-bond acceptors (Lipinski definition) is 3. The van der Waals surface area contributed by atoms with Crippen molar-refractivity contribution >= 4 is 0 Å². The van der Waals surface area contributed by atoms with Crippen LogP contribution in [0.4, 0.5) is 0 Å². The molecule has 0 heterocycles. The lowest BCUT2D eigenvalue weighted by atomic mass is 10.0. The molecule has 0 spiro atoms. The first-order valence-electron chi connectivity index (χ1n) is 6.29. The van der Waals surface area contributed by atoms with E-state index in [9.17, 15) is 0 Å². The average molecular weight is 216 g/mol. The third-order valence-corrected chi connectivity index (χ3v) is 2.99. The van der Waals surface area contributed by atoms with Crippen molar-refractivity contribution in [3.05, 3.63) is 0 Å². The van der Waals surface area contributed by atoms with E-state index >= 15 is 0 Å². The zero-order chi connectivity index (χ0) is 11.5. The van der Waals surface area contributed by atoms with Gasteiger partial charge in [0.05, 0.1) is 6.10 Å². The summed E-state index contributed by atoms with van der Waals surface area (Å²) in [6, 6.07) is 0.307. The predicted molar refractivity (Wildman–Crippen MR) is 65.6 cm³/mol. The van der Waals surface area contributed by atoms with Crippen LogP contribution in [0.15, 0.2) is 0 Å². The third-order valence-electron chi connectivity index (χ3n) is 2.99. The maximum absolute atomic E-state index is 5.54. The van der Waals surface area contributed by atoms with E-state index < -0.39 is 0 Å². The van der Waals surface area contributed by atoms with Crippen molar-refractivity contribution in [1.82, 2.24) is 5.43 Å². The van der Waals surface area contributed by atoms with Gasteiger partial charge in [0.1, 0.15) is 0 Å². The molecule has 0 aromatic heterocycles. The van der Waals surface area contributed by atoms with Crippen LogP contribution in [0.1, 0.15) is 58.8 Å². The molecule has 0 rings (SSSR count). The van der Waals surface area contributed by atoms with E-state index in [0.29, 0.717) is 6.04 Å². The van der Waals surface area contributed by atoms with Gasteiger partial charge >= 0.3 is 0 Å². The second kappa shape index (κ2) is 10.4. The predicted octanol–water partition coefficient (Wildman–Crippen LogP) is 2.60. The summed E-state index contributed by atoms with van der Waals surface area (Å²) in [6.07, 6.45) is 8.93. The van der Waals surface area contributed by atoms with Crippen molar-refractivity contribution < 1.29 is 4.74 Å². The molecule has 0 fully saturated rings. The monoisotopic (exact) mass is 216 g/mol. The number of rotatable bonds is 10. The highest BCUT2D eigenvalue weighted by Gasteiger charge is 2.17.